The Kier molecular flexibility index (Phi) is 8.92. The molecule has 0 unspecified atom stereocenters. The highest BCUT2D eigenvalue weighted by Crippen LogP contribution is 2.35. The number of carbonyl (C=O) groups is 1. The zero-order chi connectivity index (χ0) is 24.5. The molecule has 0 spiro atoms. The van der Waals surface area contributed by atoms with Crippen LogP contribution in [-0.4, -0.2) is 13.0 Å². The van der Waals surface area contributed by atoms with Gasteiger partial charge in [0, 0.05) is 20.7 Å². The smallest absolute Gasteiger partial charge is 0.266 e. The van der Waals surface area contributed by atoms with E-state index in [4.69, 9.17) is 21.1 Å². The van der Waals surface area contributed by atoms with Crippen LogP contribution in [0.2, 0.25) is 5.02 Å². The lowest BCUT2D eigenvalue weighted by molar-refractivity contribution is -0.112. The van der Waals surface area contributed by atoms with Crippen LogP contribution in [0.1, 0.15) is 16.7 Å². The quantitative estimate of drug-likeness (QED) is 0.182. The molecule has 1 N–H and O–H groups in total. The van der Waals surface area contributed by atoms with Crippen molar-refractivity contribution >= 4 is 45.2 Å². The molecule has 34 heavy (non-hydrogen) atoms. The topological polar surface area (TPSA) is 71.4 Å². The van der Waals surface area contributed by atoms with Crippen LogP contribution in [-0.2, 0) is 17.8 Å². The normalized spacial score (nSPS) is 10.8. The molecule has 0 aliphatic heterocycles. The molecule has 3 aromatic rings. The molecule has 0 radical (unpaired) electrons. The molecule has 0 bridgehead atoms. The van der Waals surface area contributed by atoms with Crippen molar-refractivity contribution in [3.8, 4) is 17.6 Å². The summed E-state index contributed by atoms with van der Waals surface area (Å²) in [7, 11) is 1.55. The molecule has 0 aliphatic rings. The summed E-state index contributed by atoms with van der Waals surface area (Å²) in [5.74, 6) is 0.564. The lowest BCUT2D eigenvalue weighted by Gasteiger charge is -2.16. The van der Waals surface area contributed by atoms with Crippen molar-refractivity contribution in [2.75, 3.05) is 12.4 Å². The molecular weight excluding hydrogens is 516 g/mol. The van der Waals surface area contributed by atoms with Crippen LogP contribution in [0, 0.1) is 11.3 Å². The molecule has 172 valence electrons. The minimum absolute atomic E-state index is 0.0508. The van der Waals surface area contributed by atoms with Gasteiger partial charge in [0.05, 0.1) is 7.11 Å². The maximum absolute atomic E-state index is 12.6. The third-order valence-corrected chi connectivity index (χ3v) is 5.59. The first kappa shape index (κ1) is 25.1. The van der Waals surface area contributed by atoms with Gasteiger partial charge in [0.25, 0.3) is 5.91 Å². The number of rotatable bonds is 9. The second kappa shape index (κ2) is 12.1. The fourth-order valence-corrected chi connectivity index (χ4v) is 3.56. The largest absolute Gasteiger partial charge is 0.493 e. The van der Waals surface area contributed by atoms with E-state index in [1.807, 2.05) is 36.4 Å². The Hall–Kier alpha value is -3.53. The highest BCUT2D eigenvalue weighted by Gasteiger charge is 2.15. The first-order valence-electron chi connectivity index (χ1n) is 10.3. The van der Waals surface area contributed by atoms with E-state index in [9.17, 15) is 10.1 Å². The third-order valence-electron chi connectivity index (χ3n) is 4.81. The van der Waals surface area contributed by atoms with E-state index >= 15 is 0 Å². The molecule has 0 aromatic heterocycles. The van der Waals surface area contributed by atoms with Crippen LogP contribution in [0.25, 0.3) is 6.08 Å². The van der Waals surface area contributed by atoms with Crippen LogP contribution in [0.5, 0.6) is 11.5 Å². The first-order chi connectivity index (χ1) is 16.4. The lowest BCUT2D eigenvalue weighted by Crippen LogP contribution is -2.13. The van der Waals surface area contributed by atoms with Gasteiger partial charge < -0.3 is 14.8 Å². The monoisotopic (exact) mass is 536 g/mol. The Morgan fingerprint density at radius 2 is 1.88 bits per heavy atom. The van der Waals surface area contributed by atoms with Crippen LogP contribution < -0.4 is 14.8 Å². The molecule has 0 fully saturated rings. The Morgan fingerprint density at radius 3 is 2.50 bits per heavy atom. The number of halogens is 2. The van der Waals surface area contributed by atoms with Gasteiger partial charge in [-0.15, -0.1) is 6.58 Å². The van der Waals surface area contributed by atoms with Crippen molar-refractivity contribution in [3.63, 3.8) is 0 Å². The molecule has 0 atom stereocenters. The highest BCUT2D eigenvalue weighted by atomic mass is 79.9. The molecule has 7 heteroatoms. The average molecular weight is 538 g/mol. The van der Waals surface area contributed by atoms with Gasteiger partial charge >= 0.3 is 0 Å². The molecule has 0 aliphatic carbocycles. The molecule has 0 saturated heterocycles. The summed E-state index contributed by atoms with van der Waals surface area (Å²) in [6.45, 7) is 4.18. The van der Waals surface area contributed by atoms with Crippen LogP contribution in [0.4, 0.5) is 5.69 Å². The summed E-state index contributed by atoms with van der Waals surface area (Å²) in [4.78, 5) is 12.6. The van der Waals surface area contributed by atoms with Gasteiger partial charge in [-0.2, -0.15) is 5.26 Å². The number of nitrogens with one attached hydrogen (secondary N) is 1. The zero-order valence-corrected chi connectivity index (χ0v) is 20.8. The van der Waals surface area contributed by atoms with Crippen molar-refractivity contribution in [1.82, 2.24) is 0 Å². The van der Waals surface area contributed by atoms with Gasteiger partial charge in [-0.25, -0.2) is 0 Å². The second-order valence-corrected chi connectivity index (χ2v) is 8.60. The predicted octanol–water partition coefficient (Wildman–Crippen LogP) is 6.96. The zero-order valence-electron chi connectivity index (χ0n) is 18.5. The van der Waals surface area contributed by atoms with E-state index in [1.54, 1.807) is 43.5 Å². The SMILES string of the molecule is C=CCc1cc(/C=C(/C#N)C(=O)Nc2ccc(Cl)cc2)cc(OC)c1OCc1ccc(Br)cc1. The van der Waals surface area contributed by atoms with Crippen LogP contribution in [0.15, 0.2) is 83.4 Å². The number of benzene rings is 3. The van der Waals surface area contributed by atoms with Crippen LogP contribution in [0.3, 0.4) is 0 Å². The van der Waals surface area contributed by atoms with Gasteiger partial charge in [-0.1, -0.05) is 45.7 Å². The third kappa shape index (κ3) is 6.74. The van der Waals surface area contributed by atoms with E-state index in [1.165, 1.54) is 6.08 Å². The van der Waals surface area contributed by atoms with Crippen molar-refractivity contribution in [3.05, 3.63) is 105 Å². The molecule has 3 aromatic carbocycles. The molecule has 1 amide bonds. The molecule has 3 rings (SSSR count). The Balaban J connectivity index is 1.88. The maximum Gasteiger partial charge on any atom is 0.266 e. The molecule has 5 nitrogen and oxygen atoms in total. The Morgan fingerprint density at radius 1 is 1.18 bits per heavy atom. The standard InChI is InChI=1S/C27H22BrClN2O3/c1-3-4-20-13-19(14-21(16-30)27(32)31-24-11-9-23(29)10-12-24)15-25(33-2)26(20)34-17-18-5-7-22(28)8-6-18/h3,5-15H,1,4,17H2,2H3,(H,31,32)/b21-14-. The van der Waals surface area contributed by atoms with E-state index in [2.05, 4.69) is 27.8 Å². The number of methoxy groups -OCH3 is 1. The predicted molar refractivity (Wildman–Crippen MR) is 139 cm³/mol. The van der Waals surface area contributed by atoms with E-state index in [0.29, 0.717) is 40.8 Å². The van der Waals surface area contributed by atoms with Gasteiger partial charge in [0.1, 0.15) is 18.2 Å². The van der Waals surface area contributed by atoms with Crippen molar-refractivity contribution < 1.29 is 14.3 Å². The number of hydrogen-bond acceptors (Lipinski definition) is 4. The molecule has 0 heterocycles. The van der Waals surface area contributed by atoms with Crippen molar-refractivity contribution in [2.45, 2.75) is 13.0 Å². The lowest BCUT2D eigenvalue weighted by atomic mass is 10.0. The van der Waals surface area contributed by atoms with Gasteiger partial charge in [0.15, 0.2) is 11.5 Å². The Labute approximate surface area is 212 Å². The number of ether oxygens (including phenoxy) is 2. The van der Waals surface area contributed by atoms with Crippen molar-refractivity contribution in [2.24, 2.45) is 0 Å². The first-order valence-corrected chi connectivity index (χ1v) is 11.5. The number of carbonyl (C=O) groups excluding carboxylic acids is 1. The van der Waals surface area contributed by atoms with Crippen molar-refractivity contribution in [1.29, 1.82) is 5.26 Å². The number of nitriles is 1. The minimum atomic E-state index is -0.523. The van der Waals surface area contributed by atoms with E-state index in [0.717, 1.165) is 15.6 Å². The summed E-state index contributed by atoms with van der Waals surface area (Å²) in [6, 6.07) is 20.0. The summed E-state index contributed by atoms with van der Waals surface area (Å²) in [6.07, 6.45) is 3.79. The second-order valence-electron chi connectivity index (χ2n) is 7.25. The number of hydrogen-bond donors (Lipinski definition) is 1. The van der Waals surface area contributed by atoms with Gasteiger partial charge in [0.2, 0.25) is 0 Å². The summed E-state index contributed by atoms with van der Waals surface area (Å²) < 4.78 is 12.7. The number of anilines is 1. The fraction of sp³-hybridized carbons (Fsp3) is 0.111. The molecule has 0 saturated carbocycles. The summed E-state index contributed by atoms with van der Waals surface area (Å²) in [5.41, 5.74) is 2.95. The highest BCUT2D eigenvalue weighted by molar-refractivity contribution is 9.10. The van der Waals surface area contributed by atoms with Gasteiger partial charge in [-0.3, -0.25) is 4.79 Å². The number of allylic oxidation sites excluding steroid dienone is 1. The van der Waals surface area contributed by atoms with E-state index < -0.39 is 5.91 Å². The minimum Gasteiger partial charge on any atom is -0.493 e. The Bertz CT molecular complexity index is 1250. The number of nitrogens with zero attached hydrogens (tertiary/aromatic N) is 1. The summed E-state index contributed by atoms with van der Waals surface area (Å²) >= 11 is 9.31. The molecular formula is C27H22BrClN2O3. The maximum atomic E-state index is 12.6. The fourth-order valence-electron chi connectivity index (χ4n) is 3.17. The van der Waals surface area contributed by atoms with Gasteiger partial charge in [-0.05, 0) is 72.2 Å². The van der Waals surface area contributed by atoms with Crippen LogP contribution >= 0.6 is 27.5 Å². The average Bonchev–Trinajstić information content (AvgIpc) is 2.84. The summed E-state index contributed by atoms with van der Waals surface area (Å²) in [5, 5.41) is 12.8. The number of amides is 1. The van der Waals surface area contributed by atoms with E-state index in [-0.39, 0.29) is 5.57 Å².